The number of aromatic nitrogens is 2. The molecule has 0 atom stereocenters. The molecule has 0 saturated heterocycles. The number of aryl methyl sites for hydroxylation is 1. The monoisotopic (exact) mass is 257 g/mol. The third-order valence-electron chi connectivity index (χ3n) is 2.57. The summed E-state index contributed by atoms with van der Waals surface area (Å²) in [7, 11) is 0. The summed E-state index contributed by atoms with van der Waals surface area (Å²) in [6, 6.07) is 7.80. The molecule has 0 radical (unpaired) electrons. The summed E-state index contributed by atoms with van der Waals surface area (Å²) in [6.07, 6.45) is 0. The van der Waals surface area contributed by atoms with Gasteiger partial charge in [-0.25, -0.2) is 4.98 Å². The number of nitrogen functional groups attached to an aromatic ring is 1. The summed E-state index contributed by atoms with van der Waals surface area (Å²) in [4.78, 5) is 7.25. The first-order chi connectivity index (χ1) is 8.74. The standard InChI is InChI=1S/C12H11N5S/c1-7-6-18-12(14-7)17-16-11-9-5-3-2-4-8(9)10(13)15-11/h2-6,15H,13H2,1H3/b17-16+. The van der Waals surface area contributed by atoms with Crippen molar-refractivity contribution in [2.45, 2.75) is 6.92 Å². The van der Waals surface area contributed by atoms with E-state index in [0.29, 0.717) is 16.8 Å². The van der Waals surface area contributed by atoms with E-state index in [1.165, 1.54) is 11.3 Å². The van der Waals surface area contributed by atoms with Crippen LogP contribution < -0.4 is 5.73 Å². The molecule has 2 aromatic heterocycles. The van der Waals surface area contributed by atoms with E-state index in [2.05, 4.69) is 20.2 Å². The average Bonchev–Trinajstić information content (AvgIpc) is 2.92. The van der Waals surface area contributed by atoms with Crippen LogP contribution in [0.2, 0.25) is 0 Å². The molecule has 0 amide bonds. The quantitative estimate of drug-likeness (QED) is 0.682. The van der Waals surface area contributed by atoms with Gasteiger partial charge in [-0.15, -0.1) is 21.6 Å². The maximum Gasteiger partial charge on any atom is 0.230 e. The van der Waals surface area contributed by atoms with Gasteiger partial charge in [-0.3, -0.25) is 0 Å². The summed E-state index contributed by atoms with van der Waals surface area (Å²) in [5.74, 6) is 1.27. The number of benzene rings is 1. The van der Waals surface area contributed by atoms with Gasteiger partial charge in [-0.2, -0.15) is 0 Å². The van der Waals surface area contributed by atoms with Gasteiger partial charge in [0.2, 0.25) is 5.13 Å². The van der Waals surface area contributed by atoms with Crippen LogP contribution in [0.5, 0.6) is 0 Å². The molecule has 3 aromatic rings. The minimum Gasteiger partial charge on any atom is -0.385 e. The van der Waals surface area contributed by atoms with Crippen LogP contribution in [-0.2, 0) is 0 Å². The van der Waals surface area contributed by atoms with Crippen LogP contribution in [0.3, 0.4) is 0 Å². The summed E-state index contributed by atoms with van der Waals surface area (Å²) in [5.41, 5.74) is 6.83. The van der Waals surface area contributed by atoms with Gasteiger partial charge in [0, 0.05) is 16.2 Å². The zero-order valence-electron chi connectivity index (χ0n) is 9.71. The van der Waals surface area contributed by atoms with Gasteiger partial charge in [0.15, 0.2) is 5.82 Å². The van der Waals surface area contributed by atoms with E-state index in [1.54, 1.807) is 0 Å². The lowest BCUT2D eigenvalue weighted by atomic mass is 10.2. The second kappa shape index (κ2) is 4.23. The molecule has 0 aliphatic rings. The number of thiazole rings is 1. The molecule has 0 saturated carbocycles. The Balaban J connectivity index is 2.02. The molecule has 18 heavy (non-hydrogen) atoms. The number of hydrogen-bond acceptors (Lipinski definition) is 5. The van der Waals surface area contributed by atoms with E-state index in [1.807, 2.05) is 36.6 Å². The molecular formula is C12H11N5S. The van der Waals surface area contributed by atoms with E-state index in [4.69, 9.17) is 5.73 Å². The van der Waals surface area contributed by atoms with Crippen LogP contribution >= 0.6 is 11.3 Å². The SMILES string of the molecule is Cc1csc(/N=N/c2[nH]c(N)c3ccccc23)n1. The summed E-state index contributed by atoms with van der Waals surface area (Å²) in [6.45, 7) is 1.93. The lowest BCUT2D eigenvalue weighted by molar-refractivity contribution is 1.14. The van der Waals surface area contributed by atoms with Crippen LogP contribution in [0, 0.1) is 6.92 Å². The Labute approximate surface area is 107 Å². The van der Waals surface area contributed by atoms with Crippen molar-refractivity contribution in [3.05, 3.63) is 35.3 Å². The van der Waals surface area contributed by atoms with Crippen LogP contribution in [0.15, 0.2) is 39.9 Å². The maximum absolute atomic E-state index is 5.88. The van der Waals surface area contributed by atoms with Crippen LogP contribution in [0.1, 0.15) is 5.69 Å². The Hall–Kier alpha value is -2.21. The first-order valence-electron chi connectivity index (χ1n) is 5.44. The van der Waals surface area contributed by atoms with E-state index >= 15 is 0 Å². The molecule has 90 valence electrons. The molecule has 6 heteroatoms. The van der Waals surface area contributed by atoms with Crippen LogP contribution in [0.4, 0.5) is 16.8 Å². The molecule has 0 spiro atoms. The molecule has 1 aromatic carbocycles. The fourth-order valence-electron chi connectivity index (χ4n) is 1.75. The number of aromatic amines is 1. The lowest BCUT2D eigenvalue weighted by Crippen LogP contribution is -1.82. The van der Waals surface area contributed by atoms with Gasteiger partial charge in [-0.05, 0) is 6.92 Å². The van der Waals surface area contributed by atoms with Crippen molar-refractivity contribution in [1.82, 2.24) is 9.97 Å². The average molecular weight is 257 g/mol. The first kappa shape index (κ1) is 10.9. The number of nitrogens with one attached hydrogen (secondary N) is 1. The Morgan fingerprint density at radius 3 is 2.72 bits per heavy atom. The number of hydrogen-bond donors (Lipinski definition) is 2. The summed E-state index contributed by atoms with van der Waals surface area (Å²) in [5, 5.41) is 12.8. The van der Waals surface area contributed by atoms with Crippen molar-refractivity contribution >= 4 is 38.9 Å². The molecule has 0 fully saturated rings. The summed E-state index contributed by atoms with van der Waals surface area (Å²) < 4.78 is 0. The Morgan fingerprint density at radius 2 is 2.00 bits per heavy atom. The van der Waals surface area contributed by atoms with Gasteiger partial charge >= 0.3 is 0 Å². The van der Waals surface area contributed by atoms with Crippen molar-refractivity contribution in [3.8, 4) is 0 Å². The molecule has 3 rings (SSSR count). The van der Waals surface area contributed by atoms with Gasteiger partial charge in [0.05, 0.1) is 5.69 Å². The van der Waals surface area contributed by atoms with Gasteiger partial charge in [-0.1, -0.05) is 24.3 Å². The third-order valence-corrected chi connectivity index (χ3v) is 3.41. The fraction of sp³-hybridized carbons (Fsp3) is 0.0833. The number of fused-ring (bicyclic) bond motifs is 1. The number of rotatable bonds is 2. The van der Waals surface area contributed by atoms with Crippen molar-refractivity contribution in [2.24, 2.45) is 10.2 Å². The predicted octanol–water partition coefficient (Wildman–Crippen LogP) is 3.93. The molecule has 0 unspecified atom stereocenters. The molecule has 2 heterocycles. The molecule has 0 aliphatic heterocycles. The highest BCUT2D eigenvalue weighted by atomic mass is 32.1. The van der Waals surface area contributed by atoms with Crippen molar-refractivity contribution in [1.29, 1.82) is 0 Å². The van der Waals surface area contributed by atoms with E-state index in [-0.39, 0.29) is 0 Å². The van der Waals surface area contributed by atoms with E-state index in [9.17, 15) is 0 Å². The molecule has 0 bridgehead atoms. The Kier molecular flexibility index (Phi) is 2.56. The summed E-state index contributed by atoms with van der Waals surface area (Å²) >= 11 is 1.46. The molecule has 5 nitrogen and oxygen atoms in total. The normalized spacial score (nSPS) is 11.6. The van der Waals surface area contributed by atoms with Crippen LogP contribution in [0.25, 0.3) is 10.8 Å². The number of azo groups is 1. The van der Waals surface area contributed by atoms with E-state index in [0.717, 1.165) is 16.5 Å². The minimum atomic E-state index is 0.606. The number of anilines is 1. The highest BCUT2D eigenvalue weighted by molar-refractivity contribution is 7.13. The van der Waals surface area contributed by atoms with Gasteiger partial charge < -0.3 is 10.7 Å². The largest absolute Gasteiger partial charge is 0.385 e. The maximum atomic E-state index is 5.88. The highest BCUT2D eigenvalue weighted by Gasteiger charge is 2.06. The van der Waals surface area contributed by atoms with Gasteiger partial charge in [0.25, 0.3) is 0 Å². The topological polar surface area (TPSA) is 79.4 Å². The van der Waals surface area contributed by atoms with Crippen molar-refractivity contribution in [2.75, 3.05) is 5.73 Å². The zero-order chi connectivity index (χ0) is 12.5. The number of nitrogens with zero attached hydrogens (tertiary/aromatic N) is 3. The second-order valence-electron chi connectivity index (χ2n) is 3.90. The third kappa shape index (κ3) is 1.86. The number of nitrogens with two attached hydrogens (primary N) is 1. The highest BCUT2D eigenvalue weighted by Crippen LogP contribution is 2.31. The first-order valence-corrected chi connectivity index (χ1v) is 6.32. The Bertz CT molecular complexity index is 725. The van der Waals surface area contributed by atoms with Gasteiger partial charge in [0.1, 0.15) is 5.82 Å². The van der Waals surface area contributed by atoms with Crippen molar-refractivity contribution in [3.63, 3.8) is 0 Å². The second-order valence-corrected chi connectivity index (χ2v) is 4.74. The van der Waals surface area contributed by atoms with E-state index < -0.39 is 0 Å². The minimum absolute atomic E-state index is 0.606. The zero-order valence-corrected chi connectivity index (χ0v) is 10.5. The van der Waals surface area contributed by atoms with Crippen molar-refractivity contribution < 1.29 is 0 Å². The predicted molar refractivity (Wildman–Crippen MR) is 73.7 cm³/mol. The molecule has 3 N–H and O–H groups in total. The van der Waals surface area contributed by atoms with Crippen LogP contribution in [-0.4, -0.2) is 9.97 Å². The lowest BCUT2D eigenvalue weighted by Gasteiger charge is -1.89. The number of H-pyrrole nitrogens is 1. The fourth-order valence-corrected chi connectivity index (χ4v) is 2.36. The Morgan fingerprint density at radius 1 is 1.22 bits per heavy atom. The smallest absolute Gasteiger partial charge is 0.230 e. The molecule has 0 aliphatic carbocycles. The molecular weight excluding hydrogens is 246 g/mol.